The first-order valence-corrected chi connectivity index (χ1v) is 5.95. The fourth-order valence-corrected chi connectivity index (χ4v) is 2.20. The van der Waals surface area contributed by atoms with Crippen LogP contribution in [-0.4, -0.2) is 7.11 Å². The molecule has 0 heterocycles. The summed E-state index contributed by atoms with van der Waals surface area (Å²) >= 11 is 0. The van der Waals surface area contributed by atoms with E-state index in [2.05, 4.69) is 55.5 Å². The van der Waals surface area contributed by atoms with Crippen LogP contribution in [-0.2, 0) is 4.74 Å². The molecule has 0 saturated heterocycles. The van der Waals surface area contributed by atoms with Gasteiger partial charge in [-0.1, -0.05) is 67.6 Å². The van der Waals surface area contributed by atoms with Crippen LogP contribution in [0, 0.1) is 0 Å². The van der Waals surface area contributed by atoms with Crippen LogP contribution >= 0.6 is 0 Å². The summed E-state index contributed by atoms with van der Waals surface area (Å²) in [4.78, 5) is 0. The van der Waals surface area contributed by atoms with Gasteiger partial charge in [0.1, 0.15) is 0 Å². The van der Waals surface area contributed by atoms with Crippen molar-refractivity contribution in [1.82, 2.24) is 0 Å². The van der Waals surface area contributed by atoms with E-state index in [0.29, 0.717) is 5.92 Å². The van der Waals surface area contributed by atoms with E-state index in [-0.39, 0.29) is 6.10 Å². The summed E-state index contributed by atoms with van der Waals surface area (Å²) in [6.07, 6.45) is 0.110. The summed E-state index contributed by atoms with van der Waals surface area (Å²) in [6, 6.07) is 20.9. The van der Waals surface area contributed by atoms with Gasteiger partial charge in [-0.3, -0.25) is 0 Å². The van der Waals surface area contributed by atoms with Crippen molar-refractivity contribution in [2.75, 3.05) is 7.11 Å². The van der Waals surface area contributed by atoms with Gasteiger partial charge in [-0.25, -0.2) is 0 Å². The normalized spacial score (nSPS) is 14.2. The van der Waals surface area contributed by atoms with Crippen LogP contribution in [0.25, 0.3) is 0 Å². The molecule has 0 fully saturated rings. The highest BCUT2D eigenvalue weighted by Crippen LogP contribution is 2.32. The molecule has 0 bridgehead atoms. The van der Waals surface area contributed by atoms with Crippen molar-refractivity contribution in [3.63, 3.8) is 0 Å². The highest BCUT2D eigenvalue weighted by molar-refractivity contribution is 5.26. The molecule has 2 aromatic carbocycles. The second kappa shape index (κ2) is 5.65. The van der Waals surface area contributed by atoms with Crippen molar-refractivity contribution in [2.24, 2.45) is 0 Å². The molecule has 0 aliphatic rings. The summed E-state index contributed by atoms with van der Waals surface area (Å²) < 4.78 is 5.65. The lowest BCUT2D eigenvalue weighted by molar-refractivity contribution is 0.0836. The quantitative estimate of drug-likeness (QED) is 0.760. The van der Waals surface area contributed by atoms with Crippen LogP contribution in [0.3, 0.4) is 0 Å². The molecule has 0 N–H and O–H groups in total. The van der Waals surface area contributed by atoms with Crippen molar-refractivity contribution < 1.29 is 4.74 Å². The van der Waals surface area contributed by atoms with E-state index in [1.807, 2.05) is 12.1 Å². The number of hydrogen-bond donors (Lipinski definition) is 0. The van der Waals surface area contributed by atoms with E-state index in [1.54, 1.807) is 7.11 Å². The predicted octanol–water partition coefficient (Wildman–Crippen LogP) is 4.18. The lowest BCUT2D eigenvalue weighted by atomic mass is 9.91. The van der Waals surface area contributed by atoms with Crippen LogP contribution in [0.2, 0.25) is 0 Å². The monoisotopic (exact) mass is 226 g/mol. The fourth-order valence-electron chi connectivity index (χ4n) is 2.20. The maximum absolute atomic E-state index is 5.65. The third kappa shape index (κ3) is 2.75. The topological polar surface area (TPSA) is 9.23 Å². The predicted molar refractivity (Wildman–Crippen MR) is 71.0 cm³/mol. The molecule has 0 unspecified atom stereocenters. The number of rotatable bonds is 4. The molecule has 0 saturated carbocycles. The Balaban J connectivity index is 2.25. The van der Waals surface area contributed by atoms with Gasteiger partial charge in [-0.05, 0) is 11.1 Å². The van der Waals surface area contributed by atoms with Gasteiger partial charge in [-0.15, -0.1) is 0 Å². The van der Waals surface area contributed by atoms with Crippen LogP contribution in [0.5, 0.6) is 0 Å². The minimum atomic E-state index is 0.110. The SMILES string of the molecule is CO[C@@H](c1ccccc1)[C@H](C)c1ccccc1. The summed E-state index contributed by atoms with van der Waals surface area (Å²) in [5.74, 6) is 0.351. The van der Waals surface area contributed by atoms with Crippen molar-refractivity contribution in [3.05, 3.63) is 71.8 Å². The number of ether oxygens (including phenoxy) is 1. The number of methoxy groups -OCH3 is 1. The minimum absolute atomic E-state index is 0.110. The molecule has 2 aromatic rings. The Bertz CT molecular complexity index is 436. The first kappa shape index (κ1) is 11.9. The van der Waals surface area contributed by atoms with Crippen molar-refractivity contribution in [2.45, 2.75) is 18.9 Å². The third-order valence-electron chi connectivity index (χ3n) is 3.16. The highest BCUT2D eigenvalue weighted by Gasteiger charge is 2.19. The van der Waals surface area contributed by atoms with E-state index in [1.165, 1.54) is 11.1 Å². The van der Waals surface area contributed by atoms with E-state index < -0.39 is 0 Å². The zero-order chi connectivity index (χ0) is 12.1. The van der Waals surface area contributed by atoms with Gasteiger partial charge >= 0.3 is 0 Å². The van der Waals surface area contributed by atoms with E-state index >= 15 is 0 Å². The summed E-state index contributed by atoms with van der Waals surface area (Å²) in [6.45, 7) is 2.20. The van der Waals surface area contributed by atoms with Gasteiger partial charge in [0.15, 0.2) is 0 Å². The Labute approximate surface area is 103 Å². The molecular formula is C16H18O. The summed E-state index contributed by atoms with van der Waals surface area (Å²) in [5.41, 5.74) is 2.54. The molecular weight excluding hydrogens is 208 g/mol. The number of hydrogen-bond acceptors (Lipinski definition) is 1. The van der Waals surface area contributed by atoms with Gasteiger partial charge in [0.25, 0.3) is 0 Å². The van der Waals surface area contributed by atoms with E-state index in [9.17, 15) is 0 Å². The minimum Gasteiger partial charge on any atom is -0.376 e. The van der Waals surface area contributed by atoms with Gasteiger partial charge < -0.3 is 4.74 Å². The molecule has 88 valence electrons. The standard InChI is InChI=1S/C16H18O/c1-13(14-9-5-3-6-10-14)16(17-2)15-11-7-4-8-12-15/h3-13,16H,1-2H3/t13-,16-/m1/s1. The Kier molecular flexibility index (Phi) is 3.94. The second-order valence-corrected chi connectivity index (χ2v) is 4.27. The molecule has 2 atom stereocenters. The average molecular weight is 226 g/mol. The Morgan fingerprint density at radius 1 is 0.765 bits per heavy atom. The van der Waals surface area contributed by atoms with Crippen molar-refractivity contribution >= 4 is 0 Å². The Hall–Kier alpha value is -1.60. The summed E-state index contributed by atoms with van der Waals surface area (Å²) in [5, 5.41) is 0. The van der Waals surface area contributed by atoms with E-state index in [0.717, 1.165) is 0 Å². The zero-order valence-corrected chi connectivity index (χ0v) is 10.3. The summed E-state index contributed by atoms with van der Waals surface area (Å²) in [7, 11) is 1.77. The maximum atomic E-state index is 5.65. The molecule has 0 spiro atoms. The van der Waals surface area contributed by atoms with Crippen LogP contribution < -0.4 is 0 Å². The van der Waals surface area contributed by atoms with Gasteiger partial charge in [0.2, 0.25) is 0 Å². The molecule has 0 radical (unpaired) electrons. The lowest BCUT2D eigenvalue weighted by Gasteiger charge is -2.23. The second-order valence-electron chi connectivity index (χ2n) is 4.27. The Morgan fingerprint density at radius 2 is 1.24 bits per heavy atom. The maximum Gasteiger partial charge on any atom is 0.0886 e. The van der Waals surface area contributed by atoms with Crippen molar-refractivity contribution in [1.29, 1.82) is 0 Å². The first-order valence-electron chi connectivity index (χ1n) is 5.95. The van der Waals surface area contributed by atoms with Crippen molar-refractivity contribution in [3.8, 4) is 0 Å². The Morgan fingerprint density at radius 3 is 1.71 bits per heavy atom. The van der Waals surface area contributed by atoms with Gasteiger partial charge in [-0.2, -0.15) is 0 Å². The molecule has 0 aromatic heterocycles. The van der Waals surface area contributed by atoms with E-state index in [4.69, 9.17) is 4.74 Å². The van der Waals surface area contributed by atoms with Crippen LogP contribution in [0.4, 0.5) is 0 Å². The lowest BCUT2D eigenvalue weighted by Crippen LogP contribution is -2.10. The largest absolute Gasteiger partial charge is 0.376 e. The third-order valence-corrected chi connectivity index (χ3v) is 3.16. The molecule has 1 nitrogen and oxygen atoms in total. The highest BCUT2D eigenvalue weighted by atomic mass is 16.5. The average Bonchev–Trinajstić information content (AvgIpc) is 2.42. The smallest absolute Gasteiger partial charge is 0.0886 e. The molecule has 0 aliphatic carbocycles. The first-order chi connectivity index (χ1) is 8.33. The fraction of sp³-hybridized carbons (Fsp3) is 0.250. The van der Waals surface area contributed by atoms with Gasteiger partial charge in [0.05, 0.1) is 6.10 Å². The van der Waals surface area contributed by atoms with Crippen LogP contribution in [0.15, 0.2) is 60.7 Å². The molecule has 1 heteroatoms. The van der Waals surface area contributed by atoms with Gasteiger partial charge in [0, 0.05) is 13.0 Å². The molecule has 0 aliphatic heterocycles. The van der Waals surface area contributed by atoms with Crippen LogP contribution in [0.1, 0.15) is 30.1 Å². The molecule has 0 amide bonds. The zero-order valence-electron chi connectivity index (χ0n) is 10.3. The molecule has 17 heavy (non-hydrogen) atoms. The molecule has 2 rings (SSSR count). The number of benzene rings is 2.